The Kier molecular flexibility index (Phi) is 4.81. The van der Waals surface area contributed by atoms with Gasteiger partial charge in [0.2, 0.25) is 0 Å². The van der Waals surface area contributed by atoms with Crippen molar-refractivity contribution in [1.82, 2.24) is 14.8 Å². The van der Waals surface area contributed by atoms with Crippen LogP contribution in [0, 0.1) is 5.92 Å². The van der Waals surface area contributed by atoms with Gasteiger partial charge in [-0.2, -0.15) is 5.10 Å². The second-order valence-electron chi connectivity index (χ2n) is 6.49. The van der Waals surface area contributed by atoms with Gasteiger partial charge in [0.15, 0.2) is 0 Å². The number of hydrogen-bond donors (Lipinski definition) is 3. The van der Waals surface area contributed by atoms with Crippen molar-refractivity contribution in [3.8, 4) is 0 Å². The number of anilines is 1. The molecule has 0 spiro atoms. The van der Waals surface area contributed by atoms with Gasteiger partial charge in [0.25, 0.3) is 11.1 Å². The minimum atomic E-state index is -3.95. The third kappa shape index (κ3) is 4.00. The lowest BCUT2D eigenvalue weighted by molar-refractivity contribution is 0.350. The molecular formula is C15H21N4O5P. The monoisotopic (exact) mass is 368 g/mol. The fraction of sp³-hybridized carbons (Fsp3) is 0.533. The third-order valence-corrected chi connectivity index (χ3v) is 5.55. The zero-order chi connectivity index (χ0) is 18.2. The Morgan fingerprint density at radius 2 is 2.00 bits per heavy atom. The normalized spacial score (nSPS) is 16.5. The molecule has 136 valence electrons. The standard InChI is InChI=1S/C15H21N4O5P/c1-18-15(21)13-11(9-16-18)8-12(17-14(13)20)19-5-2-10(3-6-19)4-7-25(22,23)24/h8-10H,2-7H2,1H3,(H,17,20)(H2,22,23,24). The number of hydrogen-bond acceptors (Lipinski definition) is 5. The maximum Gasteiger partial charge on any atom is 0.325 e. The van der Waals surface area contributed by atoms with Crippen LogP contribution in [-0.2, 0) is 11.6 Å². The summed E-state index contributed by atoms with van der Waals surface area (Å²) in [4.78, 5) is 47.1. The summed E-state index contributed by atoms with van der Waals surface area (Å²) >= 11 is 0. The number of nitrogens with one attached hydrogen (secondary N) is 1. The molecule has 0 aromatic carbocycles. The molecule has 3 heterocycles. The van der Waals surface area contributed by atoms with E-state index in [4.69, 9.17) is 9.79 Å². The molecular weight excluding hydrogens is 347 g/mol. The smallest absolute Gasteiger partial charge is 0.325 e. The fourth-order valence-corrected chi connectivity index (χ4v) is 3.94. The van der Waals surface area contributed by atoms with Gasteiger partial charge in [-0.15, -0.1) is 0 Å². The number of nitrogens with zero attached hydrogens (tertiary/aromatic N) is 3. The van der Waals surface area contributed by atoms with E-state index in [-0.39, 0.29) is 17.5 Å². The van der Waals surface area contributed by atoms with E-state index in [0.717, 1.165) is 17.5 Å². The van der Waals surface area contributed by atoms with Gasteiger partial charge in [-0.1, -0.05) is 0 Å². The molecule has 0 unspecified atom stereocenters. The van der Waals surface area contributed by atoms with Crippen molar-refractivity contribution in [3.63, 3.8) is 0 Å². The van der Waals surface area contributed by atoms with Gasteiger partial charge in [0, 0.05) is 25.5 Å². The van der Waals surface area contributed by atoms with Gasteiger partial charge in [0.05, 0.1) is 12.4 Å². The summed E-state index contributed by atoms with van der Waals surface area (Å²) in [5.41, 5.74) is -0.861. The number of pyridine rings is 1. The van der Waals surface area contributed by atoms with Crippen molar-refractivity contribution >= 4 is 24.2 Å². The number of rotatable bonds is 4. The molecule has 1 aliphatic rings. The van der Waals surface area contributed by atoms with E-state index < -0.39 is 18.7 Å². The predicted molar refractivity (Wildman–Crippen MR) is 94.1 cm³/mol. The summed E-state index contributed by atoms with van der Waals surface area (Å²) in [7, 11) is -2.45. The lowest BCUT2D eigenvalue weighted by Gasteiger charge is -2.33. The quantitative estimate of drug-likeness (QED) is 0.667. The highest BCUT2D eigenvalue weighted by molar-refractivity contribution is 7.51. The van der Waals surface area contributed by atoms with Gasteiger partial charge in [-0.3, -0.25) is 14.2 Å². The first kappa shape index (κ1) is 17.8. The van der Waals surface area contributed by atoms with E-state index in [0.29, 0.717) is 30.7 Å². The SMILES string of the molecule is Cn1ncc2cc(N3CCC(CCP(=O)(O)O)CC3)[nH]c(=O)c2c1=O. The topological polar surface area (TPSA) is 129 Å². The van der Waals surface area contributed by atoms with E-state index in [1.54, 1.807) is 6.07 Å². The second kappa shape index (κ2) is 6.74. The lowest BCUT2D eigenvalue weighted by Crippen LogP contribution is -2.36. The van der Waals surface area contributed by atoms with Crippen molar-refractivity contribution < 1.29 is 14.4 Å². The zero-order valence-corrected chi connectivity index (χ0v) is 14.8. The van der Waals surface area contributed by atoms with Crippen LogP contribution in [0.4, 0.5) is 5.82 Å². The van der Waals surface area contributed by atoms with E-state index in [1.807, 2.05) is 4.90 Å². The van der Waals surface area contributed by atoms with Crippen LogP contribution in [0.5, 0.6) is 0 Å². The minimum Gasteiger partial charge on any atom is -0.358 e. The number of piperidine rings is 1. The summed E-state index contributed by atoms with van der Waals surface area (Å²) in [6.45, 7) is 1.37. The zero-order valence-electron chi connectivity index (χ0n) is 13.9. The Labute approximate surface area is 143 Å². The highest BCUT2D eigenvalue weighted by Crippen LogP contribution is 2.37. The van der Waals surface area contributed by atoms with Crippen molar-refractivity contribution in [2.24, 2.45) is 13.0 Å². The Balaban J connectivity index is 1.76. The lowest BCUT2D eigenvalue weighted by atomic mass is 9.94. The van der Waals surface area contributed by atoms with Gasteiger partial charge in [-0.25, -0.2) is 4.68 Å². The maximum atomic E-state index is 12.3. The molecule has 2 aromatic rings. The largest absolute Gasteiger partial charge is 0.358 e. The molecule has 1 saturated heterocycles. The molecule has 2 aromatic heterocycles. The molecule has 3 N–H and O–H groups in total. The Morgan fingerprint density at radius 3 is 2.64 bits per heavy atom. The molecule has 25 heavy (non-hydrogen) atoms. The summed E-state index contributed by atoms with van der Waals surface area (Å²) in [6, 6.07) is 1.75. The molecule has 0 bridgehead atoms. The summed E-state index contributed by atoms with van der Waals surface area (Å²) in [5.74, 6) is 0.908. The van der Waals surface area contributed by atoms with Crippen molar-refractivity contribution in [1.29, 1.82) is 0 Å². The molecule has 0 atom stereocenters. The Bertz CT molecular complexity index is 939. The molecule has 3 rings (SSSR count). The van der Waals surface area contributed by atoms with Crippen LogP contribution in [0.25, 0.3) is 10.8 Å². The maximum absolute atomic E-state index is 12.3. The number of fused-ring (bicyclic) bond motifs is 1. The molecule has 1 fully saturated rings. The minimum absolute atomic E-state index is 0.0839. The van der Waals surface area contributed by atoms with Crippen LogP contribution in [0.2, 0.25) is 0 Å². The number of aromatic nitrogens is 3. The van der Waals surface area contributed by atoms with Crippen molar-refractivity contribution in [3.05, 3.63) is 33.0 Å². The second-order valence-corrected chi connectivity index (χ2v) is 8.27. The van der Waals surface area contributed by atoms with Crippen LogP contribution in [0.15, 0.2) is 21.9 Å². The van der Waals surface area contributed by atoms with Crippen LogP contribution < -0.4 is 16.0 Å². The first-order chi connectivity index (χ1) is 11.7. The van der Waals surface area contributed by atoms with E-state index in [2.05, 4.69) is 10.1 Å². The van der Waals surface area contributed by atoms with E-state index in [1.165, 1.54) is 13.2 Å². The first-order valence-electron chi connectivity index (χ1n) is 8.13. The van der Waals surface area contributed by atoms with E-state index >= 15 is 0 Å². The Morgan fingerprint density at radius 1 is 1.32 bits per heavy atom. The van der Waals surface area contributed by atoms with Crippen LogP contribution in [0.1, 0.15) is 19.3 Å². The summed E-state index contributed by atoms with van der Waals surface area (Å²) in [6.07, 6.45) is 3.53. The number of H-pyrrole nitrogens is 1. The number of aryl methyl sites for hydroxylation is 1. The van der Waals surface area contributed by atoms with Crippen LogP contribution in [0.3, 0.4) is 0 Å². The molecule has 1 aliphatic heterocycles. The predicted octanol–water partition coefficient (Wildman–Crippen LogP) is 0.406. The highest BCUT2D eigenvalue weighted by atomic mass is 31.2. The Hall–Kier alpha value is -1.96. The van der Waals surface area contributed by atoms with Gasteiger partial charge in [-0.05, 0) is 31.2 Å². The van der Waals surface area contributed by atoms with Gasteiger partial charge in [0.1, 0.15) is 11.2 Å². The van der Waals surface area contributed by atoms with Crippen LogP contribution >= 0.6 is 7.60 Å². The first-order valence-corrected chi connectivity index (χ1v) is 9.93. The molecule has 10 heteroatoms. The van der Waals surface area contributed by atoms with E-state index in [9.17, 15) is 14.2 Å². The average Bonchev–Trinajstić information content (AvgIpc) is 2.56. The van der Waals surface area contributed by atoms with Crippen molar-refractivity contribution in [2.75, 3.05) is 24.2 Å². The third-order valence-electron chi connectivity index (χ3n) is 4.71. The number of aromatic amines is 1. The van der Waals surface area contributed by atoms with Crippen LogP contribution in [-0.4, -0.2) is 43.8 Å². The van der Waals surface area contributed by atoms with Gasteiger partial charge < -0.3 is 19.7 Å². The molecule has 0 aliphatic carbocycles. The fourth-order valence-electron chi connectivity index (χ4n) is 3.23. The molecule has 0 saturated carbocycles. The van der Waals surface area contributed by atoms with Crippen molar-refractivity contribution in [2.45, 2.75) is 19.3 Å². The highest BCUT2D eigenvalue weighted by Gasteiger charge is 2.23. The van der Waals surface area contributed by atoms with Gasteiger partial charge >= 0.3 is 7.60 Å². The molecule has 0 radical (unpaired) electrons. The molecule has 0 amide bonds. The molecule has 9 nitrogen and oxygen atoms in total. The summed E-state index contributed by atoms with van der Waals surface area (Å²) in [5, 5.41) is 4.55. The average molecular weight is 368 g/mol. The summed E-state index contributed by atoms with van der Waals surface area (Å²) < 4.78 is 12.1.